The lowest BCUT2D eigenvalue weighted by Crippen LogP contribution is -1.94. The molecule has 2 heteroatoms. The summed E-state index contributed by atoms with van der Waals surface area (Å²) in [4.78, 5) is 0. The van der Waals surface area contributed by atoms with Crippen LogP contribution in [0.3, 0.4) is 0 Å². The number of fused-ring (bicyclic) bond motifs is 6. The van der Waals surface area contributed by atoms with Gasteiger partial charge in [-0.2, -0.15) is 5.26 Å². The van der Waals surface area contributed by atoms with Gasteiger partial charge in [-0.25, -0.2) is 0 Å². The number of rotatable bonds is 4. The van der Waals surface area contributed by atoms with Gasteiger partial charge in [0.2, 0.25) is 0 Å². The average Bonchev–Trinajstić information content (AvgIpc) is 3.53. The van der Waals surface area contributed by atoms with Crippen molar-refractivity contribution < 1.29 is 0 Å². The van der Waals surface area contributed by atoms with Gasteiger partial charge < -0.3 is 4.57 Å². The van der Waals surface area contributed by atoms with Crippen LogP contribution in [0.25, 0.3) is 93.2 Å². The molecular weight excluding hydrogens is 617 g/mol. The zero-order valence-electron chi connectivity index (χ0n) is 27.7. The first kappa shape index (κ1) is 29.0. The maximum absolute atomic E-state index is 9.44. The number of aromatic nitrogens is 1. The molecule has 0 spiro atoms. The highest BCUT2D eigenvalue weighted by Crippen LogP contribution is 2.46. The van der Waals surface area contributed by atoms with Crippen LogP contribution < -0.4 is 0 Å². The maximum Gasteiger partial charge on any atom is 0.0991 e. The van der Waals surface area contributed by atoms with Crippen molar-refractivity contribution in [1.29, 1.82) is 5.26 Å². The molecule has 236 valence electrons. The van der Waals surface area contributed by atoms with Crippen molar-refractivity contribution in [2.75, 3.05) is 0 Å². The largest absolute Gasteiger partial charge is 0.309 e. The summed E-state index contributed by atoms with van der Waals surface area (Å²) in [5.74, 6) is 0. The van der Waals surface area contributed by atoms with E-state index in [1.54, 1.807) is 0 Å². The summed E-state index contributed by atoms with van der Waals surface area (Å²) in [6, 6.07) is 67.7. The highest BCUT2D eigenvalue weighted by molar-refractivity contribution is 6.23. The summed E-state index contributed by atoms with van der Waals surface area (Å²) in [5.41, 5.74) is 11.3. The molecule has 0 bridgehead atoms. The third-order valence-electron chi connectivity index (χ3n) is 10.4. The van der Waals surface area contributed by atoms with Crippen molar-refractivity contribution in [3.63, 3.8) is 0 Å². The highest BCUT2D eigenvalue weighted by Gasteiger charge is 2.20. The van der Waals surface area contributed by atoms with Gasteiger partial charge in [0.25, 0.3) is 0 Å². The van der Waals surface area contributed by atoms with Gasteiger partial charge in [-0.15, -0.1) is 0 Å². The second-order valence-electron chi connectivity index (χ2n) is 13.2. The Labute approximate surface area is 295 Å². The third-order valence-corrected chi connectivity index (χ3v) is 10.4. The molecule has 0 amide bonds. The van der Waals surface area contributed by atoms with E-state index in [1.807, 2.05) is 24.3 Å². The summed E-state index contributed by atoms with van der Waals surface area (Å²) < 4.78 is 2.31. The van der Waals surface area contributed by atoms with Crippen LogP contribution in [0.4, 0.5) is 0 Å². The molecule has 0 aliphatic rings. The molecule has 0 atom stereocenters. The standard InChI is InChI=1S/C49H30N2/c50-31-32-18-24-39(25-19-32)51-46-17-9-8-14-40(46)44-30-38(23-27-47(44)51)49-42-16-7-6-15-41(42)48(37-21-20-34-12-4-5-13-35(34)28-37)43-26-22-36(29-45(43)49)33-10-2-1-3-11-33/h1-30H. The van der Waals surface area contributed by atoms with Crippen LogP contribution in [-0.4, -0.2) is 4.57 Å². The lowest BCUT2D eigenvalue weighted by Gasteiger charge is -2.19. The molecule has 0 aliphatic carbocycles. The molecule has 10 aromatic rings. The normalized spacial score (nSPS) is 11.5. The minimum absolute atomic E-state index is 0.655. The summed E-state index contributed by atoms with van der Waals surface area (Å²) in [6.07, 6.45) is 0. The van der Waals surface area contributed by atoms with Crippen molar-refractivity contribution in [1.82, 2.24) is 4.57 Å². The number of para-hydroxylation sites is 1. The van der Waals surface area contributed by atoms with Crippen LogP contribution in [0.1, 0.15) is 5.56 Å². The smallest absolute Gasteiger partial charge is 0.0991 e. The fourth-order valence-corrected chi connectivity index (χ4v) is 8.05. The van der Waals surface area contributed by atoms with Crippen LogP contribution in [0, 0.1) is 11.3 Å². The van der Waals surface area contributed by atoms with Crippen molar-refractivity contribution >= 4 is 54.1 Å². The van der Waals surface area contributed by atoms with Gasteiger partial charge in [-0.1, -0.05) is 127 Å². The fraction of sp³-hybridized carbons (Fsp3) is 0. The van der Waals surface area contributed by atoms with E-state index in [0.29, 0.717) is 5.56 Å². The van der Waals surface area contributed by atoms with Gasteiger partial charge in [-0.05, 0) is 120 Å². The van der Waals surface area contributed by atoms with E-state index in [-0.39, 0.29) is 0 Å². The average molecular weight is 647 g/mol. The molecule has 2 nitrogen and oxygen atoms in total. The molecule has 10 rings (SSSR count). The Morgan fingerprint density at radius 3 is 1.71 bits per heavy atom. The second kappa shape index (κ2) is 11.6. The van der Waals surface area contributed by atoms with E-state index >= 15 is 0 Å². The lowest BCUT2D eigenvalue weighted by atomic mass is 9.84. The van der Waals surface area contributed by atoms with E-state index in [2.05, 4.69) is 168 Å². The van der Waals surface area contributed by atoms with Gasteiger partial charge in [0.05, 0.1) is 22.7 Å². The predicted molar refractivity (Wildman–Crippen MR) is 214 cm³/mol. The van der Waals surface area contributed by atoms with E-state index in [0.717, 1.165) is 16.7 Å². The lowest BCUT2D eigenvalue weighted by molar-refractivity contribution is 1.18. The van der Waals surface area contributed by atoms with Crippen molar-refractivity contribution in [2.24, 2.45) is 0 Å². The Hall–Kier alpha value is -6.95. The van der Waals surface area contributed by atoms with E-state index < -0.39 is 0 Å². The molecule has 0 saturated heterocycles. The molecule has 0 unspecified atom stereocenters. The second-order valence-corrected chi connectivity index (χ2v) is 13.2. The summed E-state index contributed by atoms with van der Waals surface area (Å²) in [5, 5.41) is 19.2. The Balaban J connectivity index is 1.29. The topological polar surface area (TPSA) is 28.7 Å². The van der Waals surface area contributed by atoms with Crippen LogP contribution in [0.5, 0.6) is 0 Å². The molecule has 1 aromatic heterocycles. The molecule has 0 radical (unpaired) electrons. The van der Waals surface area contributed by atoms with Gasteiger partial charge in [0, 0.05) is 16.5 Å². The molecule has 51 heavy (non-hydrogen) atoms. The van der Waals surface area contributed by atoms with E-state index in [9.17, 15) is 5.26 Å². The molecule has 9 aromatic carbocycles. The Morgan fingerprint density at radius 2 is 0.922 bits per heavy atom. The predicted octanol–water partition coefficient (Wildman–Crippen LogP) is 13.1. The molecule has 0 fully saturated rings. The Bertz CT molecular complexity index is 3010. The van der Waals surface area contributed by atoms with Crippen LogP contribution in [-0.2, 0) is 0 Å². The Morgan fingerprint density at radius 1 is 0.353 bits per heavy atom. The summed E-state index contributed by atoms with van der Waals surface area (Å²) >= 11 is 0. The van der Waals surface area contributed by atoms with Gasteiger partial charge in [0.15, 0.2) is 0 Å². The highest BCUT2D eigenvalue weighted by atomic mass is 15.0. The van der Waals surface area contributed by atoms with Crippen LogP contribution in [0.15, 0.2) is 182 Å². The minimum Gasteiger partial charge on any atom is -0.309 e. The number of nitriles is 1. The number of benzene rings is 9. The first-order chi connectivity index (χ1) is 25.2. The summed E-state index contributed by atoms with van der Waals surface area (Å²) in [6.45, 7) is 0. The van der Waals surface area contributed by atoms with Gasteiger partial charge >= 0.3 is 0 Å². The zero-order valence-corrected chi connectivity index (χ0v) is 27.7. The number of hydrogen-bond donors (Lipinski definition) is 0. The summed E-state index contributed by atoms with van der Waals surface area (Å²) in [7, 11) is 0. The first-order valence-electron chi connectivity index (χ1n) is 17.3. The molecule has 0 saturated carbocycles. The fourth-order valence-electron chi connectivity index (χ4n) is 8.05. The number of hydrogen-bond acceptors (Lipinski definition) is 1. The monoisotopic (exact) mass is 646 g/mol. The number of nitrogens with zero attached hydrogens (tertiary/aromatic N) is 2. The van der Waals surface area contributed by atoms with Crippen molar-refractivity contribution in [3.8, 4) is 45.1 Å². The molecule has 0 aliphatic heterocycles. The molecular formula is C49H30N2. The quantitative estimate of drug-likeness (QED) is 0.175. The Kier molecular flexibility index (Phi) is 6.59. The van der Waals surface area contributed by atoms with E-state index in [4.69, 9.17) is 0 Å². The van der Waals surface area contributed by atoms with Gasteiger partial charge in [-0.3, -0.25) is 0 Å². The molecule has 1 heterocycles. The van der Waals surface area contributed by atoms with Crippen LogP contribution in [0.2, 0.25) is 0 Å². The zero-order chi connectivity index (χ0) is 33.9. The maximum atomic E-state index is 9.44. The van der Waals surface area contributed by atoms with E-state index in [1.165, 1.54) is 76.5 Å². The van der Waals surface area contributed by atoms with Crippen molar-refractivity contribution in [2.45, 2.75) is 0 Å². The van der Waals surface area contributed by atoms with Crippen LogP contribution >= 0.6 is 0 Å². The SMILES string of the molecule is N#Cc1ccc(-n2c3ccccc3c3cc(-c4c5ccccc5c(-c5ccc6ccccc6c5)c5ccc(-c6ccccc6)cc45)ccc32)cc1. The first-order valence-corrected chi connectivity index (χ1v) is 17.3. The molecule has 0 N–H and O–H groups in total. The minimum atomic E-state index is 0.655. The third kappa shape index (κ3) is 4.64. The van der Waals surface area contributed by atoms with Gasteiger partial charge in [0.1, 0.15) is 0 Å². The van der Waals surface area contributed by atoms with Crippen molar-refractivity contribution in [3.05, 3.63) is 188 Å².